The second-order valence-electron chi connectivity index (χ2n) is 5.62. The molecule has 0 radical (unpaired) electrons. The molecule has 3 nitrogen and oxygen atoms in total. The van der Waals surface area contributed by atoms with Gasteiger partial charge >= 0.3 is 0 Å². The molecule has 0 aliphatic heterocycles. The van der Waals surface area contributed by atoms with Crippen LogP contribution < -0.4 is 5.73 Å². The maximum absolute atomic E-state index is 4.62. The lowest BCUT2D eigenvalue weighted by Gasteiger charge is -2.08. The summed E-state index contributed by atoms with van der Waals surface area (Å²) in [5, 5.41) is 0. The molecule has 2 N–H and O–H groups in total. The number of pyridine rings is 2. The molecule has 0 saturated heterocycles. The lowest BCUT2D eigenvalue weighted by molar-refractivity contribution is 1.20. The third-order valence-corrected chi connectivity index (χ3v) is 3.61. The van der Waals surface area contributed by atoms with E-state index in [9.17, 15) is 0 Å². The van der Waals surface area contributed by atoms with Crippen molar-refractivity contribution >= 4 is 5.57 Å². The molecule has 144 valence electrons. The van der Waals surface area contributed by atoms with Crippen molar-refractivity contribution in [3.05, 3.63) is 115 Å². The maximum Gasteiger partial charge on any atom is 0.0711 e. The summed E-state index contributed by atoms with van der Waals surface area (Å²) in [7, 11) is 1.50. The van der Waals surface area contributed by atoms with Crippen molar-refractivity contribution in [1.29, 1.82) is 0 Å². The van der Waals surface area contributed by atoms with Crippen LogP contribution in [-0.4, -0.2) is 17.0 Å². The van der Waals surface area contributed by atoms with Crippen LogP contribution >= 0.6 is 0 Å². The number of nitrogens with zero attached hydrogens (tertiary/aromatic N) is 2. The molecule has 28 heavy (non-hydrogen) atoms. The zero-order valence-electron chi connectivity index (χ0n) is 16.9. The van der Waals surface area contributed by atoms with Crippen LogP contribution in [0.25, 0.3) is 16.8 Å². The van der Waals surface area contributed by atoms with Crippen molar-refractivity contribution in [1.82, 2.24) is 9.97 Å². The van der Waals surface area contributed by atoms with E-state index in [1.165, 1.54) is 7.05 Å². The number of nitrogens with two attached hydrogens (primary N) is 1. The molecule has 0 saturated carbocycles. The Kier molecular flexibility index (Phi) is 11.2. The van der Waals surface area contributed by atoms with Gasteiger partial charge in [-0.3, -0.25) is 9.97 Å². The first-order valence-corrected chi connectivity index (χ1v) is 9.17. The molecule has 0 unspecified atom stereocenters. The summed E-state index contributed by atoms with van der Waals surface area (Å²) in [6.07, 6.45) is 11.5. The minimum atomic E-state index is 0.994. The van der Waals surface area contributed by atoms with Gasteiger partial charge in [-0.25, -0.2) is 0 Å². The van der Waals surface area contributed by atoms with Crippen LogP contribution in [0, 0.1) is 6.92 Å². The quantitative estimate of drug-likeness (QED) is 0.584. The summed E-state index contributed by atoms with van der Waals surface area (Å²) in [5.41, 5.74) is 9.88. The Balaban J connectivity index is 0.000000411. The van der Waals surface area contributed by atoms with Crippen LogP contribution in [-0.2, 0) is 0 Å². The normalized spacial score (nSPS) is 10.4. The van der Waals surface area contributed by atoms with Crippen LogP contribution in [0.15, 0.2) is 104 Å². The Morgan fingerprint density at radius 1 is 0.964 bits per heavy atom. The van der Waals surface area contributed by atoms with Crippen molar-refractivity contribution < 1.29 is 0 Å². The first kappa shape index (κ1) is 22.7. The number of allylic oxidation sites excluding steroid dienone is 5. The molecule has 3 rings (SSSR count). The molecular weight excluding hydrogens is 342 g/mol. The first-order chi connectivity index (χ1) is 13.7. The molecule has 0 aliphatic rings. The molecule has 0 fully saturated rings. The Hall–Kier alpha value is -3.30. The van der Waals surface area contributed by atoms with E-state index in [0.29, 0.717) is 0 Å². The second-order valence-corrected chi connectivity index (χ2v) is 5.62. The zero-order valence-corrected chi connectivity index (χ0v) is 16.9. The molecule has 2 aromatic heterocycles. The summed E-state index contributed by atoms with van der Waals surface area (Å²) < 4.78 is 0. The van der Waals surface area contributed by atoms with Gasteiger partial charge in [0.05, 0.1) is 5.69 Å². The van der Waals surface area contributed by atoms with E-state index in [1.807, 2.05) is 68.5 Å². The van der Waals surface area contributed by atoms with Crippen LogP contribution in [0.4, 0.5) is 0 Å². The Morgan fingerprint density at radius 3 is 2.11 bits per heavy atom. The van der Waals surface area contributed by atoms with E-state index < -0.39 is 0 Å². The van der Waals surface area contributed by atoms with Gasteiger partial charge in [-0.2, -0.15) is 0 Å². The lowest BCUT2D eigenvalue weighted by Crippen LogP contribution is -1.91. The number of aryl methyl sites for hydroxylation is 1. The fraction of sp³-hybridized carbons (Fsp3) is 0.120. The summed E-state index contributed by atoms with van der Waals surface area (Å²) in [4.78, 5) is 8.41. The lowest BCUT2D eigenvalue weighted by atomic mass is 10.0. The summed E-state index contributed by atoms with van der Waals surface area (Å²) in [5.74, 6) is 0. The van der Waals surface area contributed by atoms with Gasteiger partial charge in [-0.15, -0.1) is 0 Å². The molecule has 0 atom stereocenters. The Labute approximate surface area is 169 Å². The molecule has 2 heterocycles. The summed E-state index contributed by atoms with van der Waals surface area (Å²) >= 11 is 0. The number of rotatable bonds is 4. The largest absolute Gasteiger partial charge is 0.333 e. The van der Waals surface area contributed by atoms with Gasteiger partial charge in [0.25, 0.3) is 0 Å². The van der Waals surface area contributed by atoms with Crippen molar-refractivity contribution in [2.45, 2.75) is 13.8 Å². The van der Waals surface area contributed by atoms with E-state index in [-0.39, 0.29) is 0 Å². The van der Waals surface area contributed by atoms with E-state index in [2.05, 4.69) is 52.6 Å². The van der Waals surface area contributed by atoms with Gasteiger partial charge in [-0.05, 0) is 56.3 Å². The molecule has 0 spiro atoms. The predicted molar refractivity (Wildman–Crippen MR) is 122 cm³/mol. The molecule has 0 aliphatic carbocycles. The highest BCUT2D eigenvalue weighted by Gasteiger charge is 2.04. The van der Waals surface area contributed by atoms with Crippen molar-refractivity contribution in [2.24, 2.45) is 5.73 Å². The van der Waals surface area contributed by atoms with E-state index >= 15 is 0 Å². The van der Waals surface area contributed by atoms with Crippen LogP contribution in [0.3, 0.4) is 0 Å². The monoisotopic (exact) mass is 371 g/mol. The van der Waals surface area contributed by atoms with Crippen LogP contribution in [0.5, 0.6) is 0 Å². The topological polar surface area (TPSA) is 51.8 Å². The number of benzene rings is 1. The molecule has 3 aromatic rings. The highest BCUT2D eigenvalue weighted by atomic mass is 14.7. The molecule has 1 aromatic carbocycles. The van der Waals surface area contributed by atoms with Crippen molar-refractivity contribution in [3.63, 3.8) is 0 Å². The van der Waals surface area contributed by atoms with Gasteiger partial charge in [0.1, 0.15) is 0 Å². The third-order valence-electron chi connectivity index (χ3n) is 3.61. The summed E-state index contributed by atoms with van der Waals surface area (Å²) in [6.45, 7) is 7.92. The maximum atomic E-state index is 4.62. The van der Waals surface area contributed by atoms with E-state index in [1.54, 1.807) is 12.4 Å². The van der Waals surface area contributed by atoms with Crippen molar-refractivity contribution in [2.75, 3.05) is 7.05 Å². The standard InChI is InChI=1S/C19H19N.C5H5N.CH5N/c1-4-6-10-16(5-2)18-13-15(3)20-19(14-18)17-11-8-7-9-12-17;1-2-4-6-5-3-1;1-2/h4-14H,2H2,1,3H3;1-5H;2H2,1H3/b6-4-,16-10+;;. The predicted octanol–water partition coefficient (Wildman–Crippen LogP) is 5.86. The van der Waals surface area contributed by atoms with Gasteiger partial charge in [0, 0.05) is 23.7 Å². The Morgan fingerprint density at radius 2 is 1.61 bits per heavy atom. The second kappa shape index (κ2) is 13.8. The third kappa shape index (κ3) is 7.94. The number of hydrogen-bond acceptors (Lipinski definition) is 3. The fourth-order valence-electron chi connectivity index (χ4n) is 2.39. The molecular formula is C25H29N3. The molecule has 0 amide bonds. The van der Waals surface area contributed by atoms with E-state index in [0.717, 1.165) is 28.1 Å². The minimum absolute atomic E-state index is 0.994. The molecule has 0 bridgehead atoms. The summed E-state index contributed by atoms with van der Waals surface area (Å²) in [6, 6.07) is 20.1. The average Bonchev–Trinajstić information content (AvgIpc) is 2.77. The van der Waals surface area contributed by atoms with Gasteiger partial charge < -0.3 is 5.73 Å². The van der Waals surface area contributed by atoms with Gasteiger partial charge in [-0.1, -0.05) is 67.3 Å². The SMILES string of the molecule is C=C/C(=C\C=C/C)c1cc(C)nc(-c2ccccc2)c1.CN.c1ccncc1. The fourth-order valence-corrected chi connectivity index (χ4v) is 2.39. The highest BCUT2D eigenvalue weighted by molar-refractivity contribution is 5.77. The van der Waals surface area contributed by atoms with E-state index in [4.69, 9.17) is 0 Å². The number of aromatic nitrogens is 2. The van der Waals surface area contributed by atoms with Crippen LogP contribution in [0.2, 0.25) is 0 Å². The average molecular weight is 372 g/mol. The van der Waals surface area contributed by atoms with Crippen LogP contribution in [0.1, 0.15) is 18.2 Å². The minimum Gasteiger partial charge on any atom is -0.333 e. The zero-order chi connectivity index (χ0) is 20.6. The first-order valence-electron chi connectivity index (χ1n) is 9.17. The molecule has 3 heteroatoms. The van der Waals surface area contributed by atoms with Gasteiger partial charge in [0.2, 0.25) is 0 Å². The Bertz CT molecular complexity index is 840. The number of hydrogen-bond donors (Lipinski definition) is 1. The van der Waals surface area contributed by atoms with Crippen molar-refractivity contribution in [3.8, 4) is 11.3 Å². The van der Waals surface area contributed by atoms with Gasteiger partial charge in [0.15, 0.2) is 0 Å². The smallest absolute Gasteiger partial charge is 0.0711 e. The highest BCUT2D eigenvalue weighted by Crippen LogP contribution is 2.23.